The fourth-order valence-electron chi connectivity index (χ4n) is 2.73. The molecule has 1 heterocycles. The lowest BCUT2D eigenvalue weighted by molar-refractivity contribution is -0.119. The van der Waals surface area contributed by atoms with E-state index in [0.29, 0.717) is 11.5 Å². The number of nitrogens with zero attached hydrogens (tertiary/aromatic N) is 1. The van der Waals surface area contributed by atoms with E-state index in [1.54, 1.807) is 18.3 Å². The Labute approximate surface area is 178 Å². The molecule has 0 bridgehead atoms. The molecule has 0 radical (unpaired) electrons. The molecule has 8 nitrogen and oxygen atoms in total. The van der Waals surface area contributed by atoms with Crippen molar-refractivity contribution in [2.45, 2.75) is 11.8 Å². The van der Waals surface area contributed by atoms with E-state index in [9.17, 15) is 13.2 Å². The van der Waals surface area contributed by atoms with Gasteiger partial charge in [-0.05, 0) is 25.1 Å². The van der Waals surface area contributed by atoms with Crippen LogP contribution in [0.25, 0.3) is 10.1 Å². The predicted molar refractivity (Wildman–Crippen MR) is 117 cm³/mol. The second kappa shape index (κ2) is 9.24. The highest BCUT2D eigenvalue weighted by Crippen LogP contribution is 2.29. The molecule has 158 valence electrons. The maximum absolute atomic E-state index is 12.5. The number of methoxy groups -OCH3 is 2. The van der Waals surface area contributed by atoms with Crippen LogP contribution < -0.4 is 19.6 Å². The van der Waals surface area contributed by atoms with Gasteiger partial charge in [-0.2, -0.15) is 5.10 Å². The zero-order valence-electron chi connectivity index (χ0n) is 16.6. The summed E-state index contributed by atoms with van der Waals surface area (Å²) in [7, 11) is -1.05. The highest BCUT2D eigenvalue weighted by molar-refractivity contribution is 7.89. The van der Waals surface area contributed by atoms with E-state index < -0.39 is 22.5 Å². The van der Waals surface area contributed by atoms with E-state index in [1.165, 1.54) is 32.4 Å². The van der Waals surface area contributed by atoms with E-state index in [0.717, 1.165) is 15.6 Å². The summed E-state index contributed by atoms with van der Waals surface area (Å²) in [5, 5.41) is 7.11. The van der Waals surface area contributed by atoms with Gasteiger partial charge in [0, 0.05) is 27.1 Å². The lowest BCUT2D eigenvalue weighted by Crippen LogP contribution is -2.35. The summed E-state index contributed by atoms with van der Waals surface area (Å²) in [4.78, 5) is 12.1. The third-order valence-corrected chi connectivity index (χ3v) is 6.67. The van der Waals surface area contributed by atoms with Gasteiger partial charge < -0.3 is 9.47 Å². The van der Waals surface area contributed by atoms with Crippen LogP contribution in [0.4, 0.5) is 0 Å². The fourth-order valence-corrected chi connectivity index (χ4v) is 4.73. The Morgan fingerprint density at radius 3 is 2.57 bits per heavy atom. The van der Waals surface area contributed by atoms with Crippen LogP contribution in [-0.4, -0.2) is 40.8 Å². The highest BCUT2D eigenvalue weighted by Gasteiger charge is 2.18. The van der Waals surface area contributed by atoms with E-state index in [2.05, 4.69) is 15.2 Å². The van der Waals surface area contributed by atoms with Crippen molar-refractivity contribution in [3.05, 3.63) is 53.4 Å². The average molecular weight is 448 g/mol. The molecule has 2 N–H and O–H groups in total. The second-order valence-corrected chi connectivity index (χ2v) is 8.90. The molecule has 3 aromatic rings. The molecule has 1 amide bonds. The van der Waals surface area contributed by atoms with Crippen molar-refractivity contribution < 1.29 is 22.7 Å². The summed E-state index contributed by atoms with van der Waals surface area (Å²) < 4.78 is 38.5. The molecule has 0 unspecified atom stereocenters. The van der Waals surface area contributed by atoms with Gasteiger partial charge >= 0.3 is 0 Å². The number of thiophene rings is 1. The summed E-state index contributed by atoms with van der Waals surface area (Å²) in [6, 6.07) is 12.1. The Morgan fingerprint density at radius 1 is 1.10 bits per heavy atom. The number of carbonyl (C=O) groups excluding carboxylic acids is 1. The van der Waals surface area contributed by atoms with E-state index in [-0.39, 0.29) is 10.6 Å². The number of rotatable bonds is 8. The van der Waals surface area contributed by atoms with Crippen molar-refractivity contribution in [1.82, 2.24) is 10.1 Å². The third-order valence-electron chi connectivity index (χ3n) is 4.31. The summed E-state index contributed by atoms with van der Waals surface area (Å²) in [5.41, 5.74) is 3.93. The molecule has 1 aromatic heterocycles. The Bertz CT molecular complexity index is 1200. The molecule has 0 fully saturated rings. The van der Waals surface area contributed by atoms with E-state index in [1.807, 2.05) is 29.6 Å². The van der Waals surface area contributed by atoms with Crippen LogP contribution in [-0.2, 0) is 14.8 Å². The SMILES string of the molecule is COc1ccc(S(=O)(=O)NCC(=O)NN=C(C)c2csc3ccccc23)cc1OC. The number of carbonyl (C=O) groups is 1. The molecule has 0 aliphatic heterocycles. The minimum absolute atomic E-state index is 0.0441. The Hall–Kier alpha value is -2.95. The van der Waals surface area contributed by atoms with E-state index >= 15 is 0 Å². The maximum Gasteiger partial charge on any atom is 0.255 e. The molecule has 0 spiro atoms. The number of nitrogens with one attached hydrogen (secondary N) is 2. The first kappa shape index (κ1) is 21.8. The number of ether oxygens (including phenoxy) is 2. The first-order valence-electron chi connectivity index (χ1n) is 8.87. The molecule has 0 saturated carbocycles. The zero-order chi connectivity index (χ0) is 21.7. The lowest BCUT2D eigenvalue weighted by atomic mass is 10.1. The van der Waals surface area contributed by atoms with Gasteiger partial charge in [-0.1, -0.05) is 18.2 Å². The third kappa shape index (κ3) is 4.78. The first-order valence-corrected chi connectivity index (χ1v) is 11.2. The standard InChI is InChI=1S/C20H21N3O5S2/c1-13(16-12-29-19-7-5-4-6-15(16)19)22-23-20(24)11-21-30(25,26)14-8-9-17(27-2)18(10-14)28-3/h4-10,12,21H,11H2,1-3H3,(H,23,24). The summed E-state index contributed by atoms with van der Waals surface area (Å²) in [6.07, 6.45) is 0. The minimum atomic E-state index is -3.92. The molecule has 10 heteroatoms. The van der Waals surface area contributed by atoms with Crippen molar-refractivity contribution in [2.24, 2.45) is 5.10 Å². The van der Waals surface area contributed by atoms with Gasteiger partial charge in [0.1, 0.15) is 0 Å². The number of hydrogen-bond donors (Lipinski definition) is 2. The van der Waals surface area contributed by atoms with Crippen LogP contribution in [0, 0.1) is 0 Å². The van der Waals surface area contributed by atoms with E-state index in [4.69, 9.17) is 9.47 Å². The highest BCUT2D eigenvalue weighted by atomic mass is 32.2. The maximum atomic E-state index is 12.5. The predicted octanol–water partition coefficient (Wildman–Crippen LogP) is 2.74. The summed E-state index contributed by atoms with van der Waals surface area (Å²) in [6.45, 7) is 1.32. The Morgan fingerprint density at radius 2 is 1.83 bits per heavy atom. The van der Waals surface area contributed by atoms with Crippen molar-refractivity contribution in [1.29, 1.82) is 0 Å². The molecule has 0 aliphatic carbocycles. The molecule has 30 heavy (non-hydrogen) atoms. The quantitative estimate of drug-likeness (QED) is 0.408. The molecular formula is C20H21N3O5S2. The second-order valence-electron chi connectivity index (χ2n) is 6.22. The molecule has 3 rings (SSSR count). The molecule has 2 aromatic carbocycles. The topological polar surface area (TPSA) is 106 Å². The van der Waals surface area contributed by atoms with Crippen LogP contribution in [0.5, 0.6) is 11.5 Å². The van der Waals surface area contributed by atoms with Gasteiger partial charge in [-0.15, -0.1) is 11.3 Å². The number of hydrazone groups is 1. The van der Waals surface area contributed by atoms with Gasteiger partial charge in [-0.25, -0.2) is 18.6 Å². The Kier molecular flexibility index (Phi) is 6.70. The summed E-state index contributed by atoms with van der Waals surface area (Å²) in [5.74, 6) is 0.0888. The zero-order valence-corrected chi connectivity index (χ0v) is 18.3. The van der Waals surface area contributed by atoms with Gasteiger partial charge in [0.25, 0.3) is 5.91 Å². The van der Waals surface area contributed by atoms with Gasteiger partial charge in [-0.3, -0.25) is 4.79 Å². The number of fused-ring (bicyclic) bond motifs is 1. The smallest absolute Gasteiger partial charge is 0.255 e. The summed E-state index contributed by atoms with van der Waals surface area (Å²) >= 11 is 1.59. The van der Waals surface area contributed by atoms with Crippen LogP contribution in [0.2, 0.25) is 0 Å². The van der Waals surface area contributed by atoms with Crippen molar-refractivity contribution in [3.63, 3.8) is 0 Å². The molecule has 0 atom stereocenters. The molecular weight excluding hydrogens is 426 g/mol. The van der Waals surface area contributed by atoms with Crippen molar-refractivity contribution in [3.8, 4) is 11.5 Å². The fraction of sp³-hybridized carbons (Fsp3) is 0.200. The largest absolute Gasteiger partial charge is 0.493 e. The monoisotopic (exact) mass is 447 g/mol. The minimum Gasteiger partial charge on any atom is -0.493 e. The molecule has 0 saturated heterocycles. The number of benzene rings is 2. The van der Waals surface area contributed by atoms with Crippen LogP contribution in [0.15, 0.2) is 57.8 Å². The lowest BCUT2D eigenvalue weighted by Gasteiger charge is -2.10. The first-order chi connectivity index (χ1) is 14.4. The average Bonchev–Trinajstić information content (AvgIpc) is 3.19. The van der Waals surface area contributed by atoms with Crippen LogP contribution >= 0.6 is 11.3 Å². The normalized spacial score (nSPS) is 12.0. The van der Waals surface area contributed by atoms with Gasteiger partial charge in [0.15, 0.2) is 11.5 Å². The van der Waals surface area contributed by atoms with Gasteiger partial charge in [0.05, 0.1) is 31.4 Å². The van der Waals surface area contributed by atoms with Crippen molar-refractivity contribution in [2.75, 3.05) is 20.8 Å². The van der Waals surface area contributed by atoms with Crippen molar-refractivity contribution >= 4 is 43.1 Å². The Balaban J connectivity index is 1.64. The number of amides is 1. The van der Waals surface area contributed by atoms with Gasteiger partial charge in [0.2, 0.25) is 10.0 Å². The number of hydrogen-bond acceptors (Lipinski definition) is 7. The number of sulfonamides is 1. The molecule has 0 aliphatic rings. The van der Waals surface area contributed by atoms with Crippen LogP contribution in [0.3, 0.4) is 0 Å². The van der Waals surface area contributed by atoms with Crippen LogP contribution in [0.1, 0.15) is 12.5 Å².